The van der Waals surface area contributed by atoms with Crippen molar-refractivity contribution in [2.75, 3.05) is 26.2 Å². The lowest BCUT2D eigenvalue weighted by molar-refractivity contribution is -0.139. The van der Waals surface area contributed by atoms with Gasteiger partial charge in [0.05, 0.1) is 4.90 Å². The SMILES string of the molecule is CCC(C)N(Cc1ccccc1)C(=O)CCC(=O)N1CCN(S(=O)(=O)c2ccccc2)CC1. The third-order valence-electron chi connectivity index (χ3n) is 6.16. The van der Waals surface area contributed by atoms with Crippen molar-refractivity contribution in [3.8, 4) is 0 Å². The number of sulfonamides is 1. The van der Waals surface area contributed by atoms with Gasteiger partial charge >= 0.3 is 0 Å². The summed E-state index contributed by atoms with van der Waals surface area (Å²) in [7, 11) is -3.56. The lowest BCUT2D eigenvalue weighted by atomic mass is 10.1. The van der Waals surface area contributed by atoms with E-state index in [1.54, 1.807) is 35.2 Å². The van der Waals surface area contributed by atoms with Crippen LogP contribution in [0.5, 0.6) is 0 Å². The highest BCUT2D eigenvalue weighted by Crippen LogP contribution is 2.18. The van der Waals surface area contributed by atoms with Crippen molar-refractivity contribution in [2.24, 2.45) is 0 Å². The van der Waals surface area contributed by atoms with Crippen molar-refractivity contribution < 1.29 is 18.0 Å². The minimum Gasteiger partial charge on any atom is -0.340 e. The molecule has 0 radical (unpaired) electrons. The van der Waals surface area contributed by atoms with Gasteiger partial charge in [-0.05, 0) is 31.0 Å². The van der Waals surface area contributed by atoms with E-state index in [-0.39, 0.29) is 48.7 Å². The third-order valence-corrected chi connectivity index (χ3v) is 8.08. The average molecular weight is 472 g/mol. The molecular weight excluding hydrogens is 438 g/mol. The van der Waals surface area contributed by atoms with Crippen molar-refractivity contribution in [2.45, 2.75) is 50.6 Å². The van der Waals surface area contributed by atoms with Gasteiger partial charge in [-0.2, -0.15) is 4.31 Å². The quantitative estimate of drug-likeness (QED) is 0.563. The number of hydrogen-bond donors (Lipinski definition) is 0. The van der Waals surface area contributed by atoms with Gasteiger partial charge in [-0.1, -0.05) is 55.5 Å². The number of rotatable bonds is 9. The predicted molar refractivity (Wildman–Crippen MR) is 128 cm³/mol. The van der Waals surface area contributed by atoms with E-state index in [9.17, 15) is 18.0 Å². The lowest BCUT2D eigenvalue weighted by Gasteiger charge is -2.34. The maximum atomic E-state index is 12.9. The molecule has 3 rings (SSSR count). The fourth-order valence-corrected chi connectivity index (χ4v) is 5.37. The summed E-state index contributed by atoms with van der Waals surface area (Å²) in [6.07, 6.45) is 1.12. The molecule has 2 aromatic rings. The zero-order valence-corrected chi connectivity index (χ0v) is 20.2. The van der Waals surface area contributed by atoms with E-state index in [0.29, 0.717) is 19.6 Å². The summed E-state index contributed by atoms with van der Waals surface area (Å²) in [6, 6.07) is 18.3. The van der Waals surface area contributed by atoms with E-state index < -0.39 is 10.0 Å². The van der Waals surface area contributed by atoms with Crippen molar-refractivity contribution in [1.29, 1.82) is 0 Å². The Bertz CT molecular complexity index is 1020. The molecule has 1 atom stereocenters. The number of benzene rings is 2. The Morgan fingerprint density at radius 2 is 1.48 bits per heavy atom. The number of amides is 2. The molecule has 2 aromatic carbocycles. The first-order valence-electron chi connectivity index (χ1n) is 11.5. The summed E-state index contributed by atoms with van der Waals surface area (Å²) >= 11 is 0. The van der Waals surface area contributed by atoms with Crippen LogP contribution in [-0.2, 0) is 26.2 Å². The van der Waals surface area contributed by atoms with E-state index in [2.05, 4.69) is 0 Å². The fraction of sp³-hybridized carbons (Fsp3) is 0.440. The van der Waals surface area contributed by atoms with Crippen LogP contribution in [0.2, 0.25) is 0 Å². The third kappa shape index (κ3) is 6.42. The van der Waals surface area contributed by atoms with E-state index >= 15 is 0 Å². The van der Waals surface area contributed by atoms with Gasteiger partial charge in [-0.15, -0.1) is 0 Å². The topological polar surface area (TPSA) is 78.0 Å². The van der Waals surface area contributed by atoms with Crippen LogP contribution >= 0.6 is 0 Å². The smallest absolute Gasteiger partial charge is 0.243 e. The van der Waals surface area contributed by atoms with Crippen LogP contribution in [0.4, 0.5) is 0 Å². The summed E-state index contributed by atoms with van der Waals surface area (Å²) < 4.78 is 27.0. The molecule has 8 heteroatoms. The van der Waals surface area contributed by atoms with Crippen LogP contribution in [0, 0.1) is 0 Å². The Hall–Kier alpha value is -2.71. The molecule has 1 unspecified atom stereocenters. The average Bonchev–Trinajstić information content (AvgIpc) is 2.86. The van der Waals surface area contributed by atoms with Crippen LogP contribution in [0.1, 0.15) is 38.7 Å². The van der Waals surface area contributed by atoms with E-state index in [1.807, 2.05) is 49.1 Å². The molecule has 1 aliphatic rings. The maximum absolute atomic E-state index is 12.9. The molecule has 0 aliphatic carbocycles. The van der Waals surface area contributed by atoms with E-state index in [4.69, 9.17) is 0 Å². The normalized spacial score (nSPS) is 15.8. The zero-order chi connectivity index (χ0) is 23.8. The van der Waals surface area contributed by atoms with Gasteiger partial charge in [0.25, 0.3) is 0 Å². The maximum Gasteiger partial charge on any atom is 0.243 e. The number of carbonyl (C=O) groups excluding carboxylic acids is 2. The fourth-order valence-electron chi connectivity index (χ4n) is 3.93. The van der Waals surface area contributed by atoms with Gasteiger partial charge in [0.15, 0.2) is 0 Å². The Labute approximate surface area is 197 Å². The van der Waals surface area contributed by atoms with Gasteiger partial charge in [-0.25, -0.2) is 8.42 Å². The number of hydrogen-bond acceptors (Lipinski definition) is 4. The second-order valence-corrected chi connectivity index (χ2v) is 10.3. The van der Waals surface area contributed by atoms with Crippen LogP contribution in [0.25, 0.3) is 0 Å². The molecule has 178 valence electrons. The summed E-state index contributed by atoms with van der Waals surface area (Å²) in [5, 5.41) is 0. The molecule has 1 saturated heterocycles. The molecule has 0 spiro atoms. The second-order valence-electron chi connectivity index (χ2n) is 8.36. The summed E-state index contributed by atoms with van der Waals surface area (Å²) in [5.74, 6) is -0.143. The summed E-state index contributed by atoms with van der Waals surface area (Å²) in [4.78, 5) is 29.4. The number of carbonyl (C=O) groups is 2. The molecule has 0 bridgehead atoms. The molecule has 0 aromatic heterocycles. The van der Waals surface area contributed by atoms with Gasteiger partial charge < -0.3 is 9.80 Å². The minimum atomic E-state index is -3.56. The lowest BCUT2D eigenvalue weighted by Crippen LogP contribution is -2.50. The number of piperazine rings is 1. The number of nitrogens with zero attached hydrogens (tertiary/aromatic N) is 3. The van der Waals surface area contributed by atoms with Gasteiger partial charge in [0.1, 0.15) is 0 Å². The van der Waals surface area contributed by atoms with Crippen molar-refractivity contribution >= 4 is 21.8 Å². The Kier molecular flexibility index (Phi) is 8.63. The van der Waals surface area contributed by atoms with Crippen LogP contribution in [-0.4, -0.2) is 66.6 Å². The molecule has 7 nitrogen and oxygen atoms in total. The Morgan fingerprint density at radius 3 is 2.06 bits per heavy atom. The van der Waals surface area contributed by atoms with Crippen molar-refractivity contribution in [3.63, 3.8) is 0 Å². The van der Waals surface area contributed by atoms with Gasteiger partial charge in [0.2, 0.25) is 21.8 Å². The largest absolute Gasteiger partial charge is 0.340 e. The standard InChI is InChI=1S/C25H33N3O4S/c1-3-21(2)28(20-22-10-6-4-7-11-22)25(30)15-14-24(29)26-16-18-27(19-17-26)33(31,32)23-12-8-5-9-13-23/h4-13,21H,3,14-20H2,1-2H3. The molecular formula is C25H33N3O4S. The Balaban J connectivity index is 1.52. The molecule has 2 amide bonds. The highest BCUT2D eigenvalue weighted by molar-refractivity contribution is 7.89. The van der Waals surface area contributed by atoms with Crippen LogP contribution in [0.15, 0.2) is 65.6 Å². The van der Waals surface area contributed by atoms with Crippen LogP contribution in [0.3, 0.4) is 0 Å². The molecule has 0 saturated carbocycles. The van der Waals surface area contributed by atoms with Crippen LogP contribution < -0.4 is 0 Å². The summed E-state index contributed by atoms with van der Waals surface area (Å²) in [5.41, 5.74) is 1.06. The highest BCUT2D eigenvalue weighted by Gasteiger charge is 2.30. The highest BCUT2D eigenvalue weighted by atomic mass is 32.2. The second kappa shape index (κ2) is 11.4. The molecule has 1 heterocycles. The first kappa shape index (κ1) is 24.9. The monoisotopic (exact) mass is 471 g/mol. The van der Waals surface area contributed by atoms with Gasteiger partial charge in [-0.3, -0.25) is 9.59 Å². The first-order valence-corrected chi connectivity index (χ1v) is 12.9. The molecule has 1 aliphatic heterocycles. The molecule has 1 fully saturated rings. The minimum absolute atomic E-state index is 0.0353. The van der Waals surface area contributed by atoms with E-state index in [1.165, 1.54) is 4.31 Å². The zero-order valence-electron chi connectivity index (χ0n) is 19.4. The summed E-state index contributed by atoms with van der Waals surface area (Å²) in [6.45, 7) is 5.77. The molecule has 33 heavy (non-hydrogen) atoms. The predicted octanol–water partition coefficient (Wildman–Crippen LogP) is 3.13. The van der Waals surface area contributed by atoms with Crippen molar-refractivity contribution in [1.82, 2.24) is 14.1 Å². The molecule has 0 N–H and O–H groups in total. The van der Waals surface area contributed by atoms with E-state index in [0.717, 1.165) is 12.0 Å². The van der Waals surface area contributed by atoms with Crippen molar-refractivity contribution in [3.05, 3.63) is 66.2 Å². The first-order chi connectivity index (χ1) is 15.8. The Morgan fingerprint density at radius 1 is 0.909 bits per heavy atom. The van der Waals surface area contributed by atoms with Gasteiger partial charge in [0, 0.05) is 51.6 Å².